The molecule has 1 rings (SSSR count). The van der Waals surface area contributed by atoms with Crippen LogP contribution in [0.4, 0.5) is 0 Å². The number of hydrogen-bond acceptors (Lipinski definition) is 3. The van der Waals surface area contributed by atoms with Gasteiger partial charge in [-0.15, -0.1) is 0 Å². The Hall–Kier alpha value is -1.10. The lowest BCUT2D eigenvalue weighted by atomic mass is 9.85. The minimum absolute atomic E-state index is 0.0118. The van der Waals surface area contributed by atoms with E-state index in [0.29, 0.717) is 12.3 Å². The molecule has 116 valence electrons. The lowest BCUT2D eigenvalue weighted by Crippen LogP contribution is -2.49. The second-order valence-electron chi connectivity index (χ2n) is 6.54. The molecule has 1 aliphatic carbocycles. The summed E-state index contributed by atoms with van der Waals surface area (Å²) in [5.41, 5.74) is 5.86. The molecule has 3 N–H and O–H groups in total. The van der Waals surface area contributed by atoms with Crippen LogP contribution in [0, 0.1) is 11.8 Å². The molecule has 0 aromatic rings. The molecular formula is C15H29N3O2. The van der Waals surface area contributed by atoms with Gasteiger partial charge in [-0.05, 0) is 38.0 Å². The van der Waals surface area contributed by atoms with Crippen LogP contribution in [0.3, 0.4) is 0 Å². The van der Waals surface area contributed by atoms with Gasteiger partial charge in [0.15, 0.2) is 0 Å². The number of carbonyl (C=O) groups excluding carboxylic acids is 2. The fourth-order valence-corrected chi connectivity index (χ4v) is 2.68. The SMILES string of the molecule is CC(C)CC(NC(=O)C1CCC(N)CC1)C(=O)N(C)C. The molecule has 0 aliphatic heterocycles. The molecule has 1 fully saturated rings. The normalized spacial score (nSPS) is 24.3. The third kappa shape index (κ3) is 5.12. The number of likely N-dealkylation sites (N-methyl/N-ethyl adjacent to an activating group) is 1. The first-order valence-corrected chi connectivity index (χ1v) is 7.58. The van der Waals surface area contributed by atoms with Crippen LogP contribution in [-0.2, 0) is 9.59 Å². The van der Waals surface area contributed by atoms with Crippen molar-refractivity contribution in [3.8, 4) is 0 Å². The maximum Gasteiger partial charge on any atom is 0.244 e. The number of carbonyl (C=O) groups is 2. The first-order chi connectivity index (χ1) is 9.31. The van der Waals surface area contributed by atoms with Gasteiger partial charge in [-0.2, -0.15) is 0 Å². The summed E-state index contributed by atoms with van der Waals surface area (Å²) in [7, 11) is 3.45. The van der Waals surface area contributed by atoms with Crippen LogP contribution in [-0.4, -0.2) is 42.9 Å². The molecule has 0 heterocycles. The zero-order chi connectivity index (χ0) is 15.3. The summed E-state index contributed by atoms with van der Waals surface area (Å²) < 4.78 is 0. The van der Waals surface area contributed by atoms with Gasteiger partial charge in [-0.1, -0.05) is 13.8 Å². The maximum atomic E-state index is 12.3. The zero-order valence-corrected chi connectivity index (χ0v) is 13.2. The first kappa shape index (κ1) is 17.0. The molecule has 0 radical (unpaired) electrons. The van der Waals surface area contributed by atoms with E-state index in [1.807, 2.05) is 0 Å². The zero-order valence-electron chi connectivity index (χ0n) is 13.2. The van der Waals surface area contributed by atoms with Crippen LogP contribution in [0.5, 0.6) is 0 Å². The summed E-state index contributed by atoms with van der Waals surface area (Å²) in [6, 6.07) is -0.179. The Bertz CT molecular complexity index is 334. The van der Waals surface area contributed by atoms with Crippen molar-refractivity contribution in [2.24, 2.45) is 17.6 Å². The number of nitrogens with two attached hydrogens (primary N) is 1. The fourth-order valence-electron chi connectivity index (χ4n) is 2.68. The van der Waals surface area contributed by atoms with Gasteiger partial charge in [0.1, 0.15) is 6.04 Å². The highest BCUT2D eigenvalue weighted by Gasteiger charge is 2.29. The summed E-state index contributed by atoms with van der Waals surface area (Å²) >= 11 is 0. The molecule has 20 heavy (non-hydrogen) atoms. The summed E-state index contributed by atoms with van der Waals surface area (Å²) in [5, 5.41) is 2.94. The molecule has 5 nitrogen and oxygen atoms in total. The van der Waals surface area contributed by atoms with Crippen LogP contribution >= 0.6 is 0 Å². The van der Waals surface area contributed by atoms with Crippen LogP contribution in [0.1, 0.15) is 46.0 Å². The topological polar surface area (TPSA) is 75.4 Å². The van der Waals surface area contributed by atoms with Gasteiger partial charge in [-0.25, -0.2) is 0 Å². The molecule has 0 aromatic heterocycles. The molecule has 1 unspecified atom stereocenters. The number of hydrogen-bond donors (Lipinski definition) is 2. The molecule has 0 aromatic carbocycles. The molecule has 0 saturated heterocycles. The van der Waals surface area contributed by atoms with Gasteiger partial charge in [0, 0.05) is 26.1 Å². The molecule has 2 amide bonds. The van der Waals surface area contributed by atoms with Gasteiger partial charge in [0.05, 0.1) is 0 Å². The van der Waals surface area contributed by atoms with E-state index >= 15 is 0 Å². The molecule has 0 spiro atoms. The average Bonchev–Trinajstić information content (AvgIpc) is 2.37. The van der Waals surface area contributed by atoms with Crippen LogP contribution in [0.15, 0.2) is 0 Å². The van der Waals surface area contributed by atoms with E-state index in [1.54, 1.807) is 19.0 Å². The minimum atomic E-state index is -0.409. The van der Waals surface area contributed by atoms with Crippen molar-refractivity contribution in [1.82, 2.24) is 10.2 Å². The largest absolute Gasteiger partial charge is 0.347 e. The molecule has 1 saturated carbocycles. The highest BCUT2D eigenvalue weighted by Crippen LogP contribution is 2.23. The minimum Gasteiger partial charge on any atom is -0.347 e. The van der Waals surface area contributed by atoms with E-state index in [9.17, 15) is 9.59 Å². The highest BCUT2D eigenvalue weighted by atomic mass is 16.2. The Morgan fingerprint density at radius 1 is 1.20 bits per heavy atom. The smallest absolute Gasteiger partial charge is 0.244 e. The van der Waals surface area contributed by atoms with Crippen molar-refractivity contribution < 1.29 is 9.59 Å². The van der Waals surface area contributed by atoms with E-state index in [4.69, 9.17) is 5.73 Å². The van der Waals surface area contributed by atoms with Crippen molar-refractivity contribution in [3.63, 3.8) is 0 Å². The number of nitrogens with zero attached hydrogens (tertiary/aromatic N) is 1. The monoisotopic (exact) mass is 283 g/mol. The fraction of sp³-hybridized carbons (Fsp3) is 0.867. The Balaban J connectivity index is 2.59. The lowest BCUT2D eigenvalue weighted by molar-refractivity contribution is -0.136. The van der Waals surface area contributed by atoms with Gasteiger partial charge < -0.3 is 16.0 Å². The number of amides is 2. The molecular weight excluding hydrogens is 254 g/mol. The third-order valence-electron chi connectivity index (χ3n) is 3.91. The first-order valence-electron chi connectivity index (χ1n) is 7.58. The van der Waals surface area contributed by atoms with E-state index in [0.717, 1.165) is 25.7 Å². The van der Waals surface area contributed by atoms with E-state index in [2.05, 4.69) is 19.2 Å². The van der Waals surface area contributed by atoms with Gasteiger partial charge in [0.25, 0.3) is 0 Å². The molecule has 1 atom stereocenters. The van der Waals surface area contributed by atoms with Crippen LogP contribution < -0.4 is 11.1 Å². The standard InChI is InChI=1S/C15H29N3O2/c1-10(2)9-13(15(20)18(3)4)17-14(19)11-5-7-12(16)8-6-11/h10-13H,5-9,16H2,1-4H3,(H,17,19). The highest BCUT2D eigenvalue weighted by molar-refractivity contribution is 5.88. The maximum absolute atomic E-state index is 12.3. The van der Waals surface area contributed by atoms with Crippen molar-refractivity contribution in [1.29, 1.82) is 0 Å². The average molecular weight is 283 g/mol. The number of rotatable bonds is 5. The summed E-state index contributed by atoms with van der Waals surface area (Å²) in [4.78, 5) is 26.0. The van der Waals surface area contributed by atoms with Crippen molar-refractivity contribution in [3.05, 3.63) is 0 Å². The van der Waals surface area contributed by atoms with Gasteiger partial charge in [-0.3, -0.25) is 9.59 Å². The summed E-state index contributed by atoms with van der Waals surface area (Å²) in [6.45, 7) is 4.11. The summed E-state index contributed by atoms with van der Waals surface area (Å²) in [6.07, 6.45) is 4.13. The predicted octanol–water partition coefficient (Wildman–Crippen LogP) is 1.12. The lowest BCUT2D eigenvalue weighted by Gasteiger charge is -2.28. The Kier molecular flexibility index (Phi) is 6.46. The van der Waals surface area contributed by atoms with Crippen molar-refractivity contribution in [2.45, 2.75) is 58.0 Å². The van der Waals surface area contributed by atoms with Crippen molar-refractivity contribution in [2.75, 3.05) is 14.1 Å². The molecule has 1 aliphatic rings. The van der Waals surface area contributed by atoms with Gasteiger partial charge >= 0.3 is 0 Å². The third-order valence-corrected chi connectivity index (χ3v) is 3.91. The van der Waals surface area contributed by atoms with Crippen LogP contribution in [0.2, 0.25) is 0 Å². The quantitative estimate of drug-likeness (QED) is 0.794. The predicted molar refractivity (Wildman–Crippen MR) is 80.0 cm³/mol. The van der Waals surface area contributed by atoms with E-state index in [-0.39, 0.29) is 23.8 Å². The summed E-state index contributed by atoms with van der Waals surface area (Å²) in [5.74, 6) is 0.362. The van der Waals surface area contributed by atoms with E-state index in [1.165, 1.54) is 0 Å². The Morgan fingerprint density at radius 3 is 2.20 bits per heavy atom. The second kappa shape index (κ2) is 7.62. The van der Waals surface area contributed by atoms with E-state index < -0.39 is 6.04 Å². The second-order valence-corrected chi connectivity index (χ2v) is 6.54. The van der Waals surface area contributed by atoms with Crippen molar-refractivity contribution >= 4 is 11.8 Å². The Labute approximate surface area is 122 Å². The molecule has 0 bridgehead atoms. The van der Waals surface area contributed by atoms with Crippen LogP contribution in [0.25, 0.3) is 0 Å². The molecule has 5 heteroatoms. The van der Waals surface area contributed by atoms with Gasteiger partial charge in [0.2, 0.25) is 11.8 Å². The Morgan fingerprint density at radius 2 is 1.75 bits per heavy atom. The number of nitrogens with one attached hydrogen (secondary N) is 1.